The third kappa shape index (κ3) is 6.65. The molecule has 1 aliphatic heterocycles. The molecule has 2 aromatic carbocycles. The number of likely N-dealkylation sites (tertiary alicyclic amines) is 1. The minimum absolute atomic E-state index is 0.0143. The van der Waals surface area contributed by atoms with Gasteiger partial charge in [-0.25, -0.2) is 0 Å². The number of nitrogens with zero attached hydrogens (tertiary/aromatic N) is 3. The van der Waals surface area contributed by atoms with Crippen LogP contribution in [0.4, 0.5) is 0 Å². The lowest BCUT2D eigenvalue weighted by atomic mass is 10.0. The molecule has 10 heteroatoms. The molecule has 1 saturated heterocycles. The number of carbonyl (C=O) groups excluding carboxylic acids is 2. The van der Waals surface area contributed by atoms with Gasteiger partial charge in [0.25, 0.3) is 5.91 Å². The molecule has 0 aliphatic carbocycles. The number of benzene rings is 2. The molecular weight excluding hydrogens is 488 g/mol. The molecule has 1 aliphatic rings. The lowest BCUT2D eigenvalue weighted by molar-refractivity contribution is -0.125. The Hall–Kier alpha value is -4.44. The molecule has 0 spiro atoms. The maximum atomic E-state index is 13.4. The molecule has 0 saturated carbocycles. The standard InChI is InChI=1S/C28H30N4O6/c1-36-24-9-11-25(12-10-24)38-18-23(33)16-30-27(34)26-14-22(31-37-2)17-32(26)28(35)20-7-5-19(6-8-20)21-4-3-13-29-15-21/h3-13,15,23,26,33H,14,16-18H2,1-2H3,(H,30,34)/b31-22+. The van der Waals surface area contributed by atoms with Gasteiger partial charge in [0, 0.05) is 30.9 Å². The normalized spacial score (nSPS) is 16.7. The third-order valence-corrected chi connectivity index (χ3v) is 6.08. The van der Waals surface area contributed by atoms with E-state index in [0.717, 1.165) is 11.1 Å². The number of ether oxygens (including phenoxy) is 2. The molecule has 2 N–H and O–H groups in total. The van der Waals surface area contributed by atoms with Crippen molar-refractivity contribution in [2.45, 2.75) is 18.6 Å². The highest BCUT2D eigenvalue weighted by molar-refractivity contribution is 6.05. The largest absolute Gasteiger partial charge is 0.497 e. The van der Waals surface area contributed by atoms with Gasteiger partial charge in [0.1, 0.15) is 37.4 Å². The summed E-state index contributed by atoms with van der Waals surface area (Å²) in [4.78, 5) is 36.9. The van der Waals surface area contributed by atoms with Crippen LogP contribution in [0.1, 0.15) is 16.8 Å². The van der Waals surface area contributed by atoms with Gasteiger partial charge in [-0.3, -0.25) is 14.6 Å². The number of hydrogen-bond donors (Lipinski definition) is 2. The number of aromatic nitrogens is 1. The van der Waals surface area contributed by atoms with Crippen molar-refractivity contribution in [3.8, 4) is 22.6 Å². The summed E-state index contributed by atoms with van der Waals surface area (Å²) in [6.45, 7) is 0.113. The number of amides is 2. The zero-order valence-corrected chi connectivity index (χ0v) is 21.2. The Morgan fingerprint density at radius 1 is 1.08 bits per heavy atom. The summed E-state index contributed by atoms with van der Waals surface area (Å²) in [5.41, 5.74) is 2.89. The Morgan fingerprint density at radius 2 is 1.82 bits per heavy atom. The quantitative estimate of drug-likeness (QED) is 0.396. The Balaban J connectivity index is 1.37. The number of methoxy groups -OCH3 is 1. The summed E-state index contributed by atoms with van der Waals surface area (Å²) in [6, 6.07) is 17.1. The van der Waals surface area contributed by atoms with Gasteiger partial charge in [0.05, 0.1) is 19.4 Å². The molecule has 1 fully saturated rings. The summed E-state index contributed by atoms with van der Waals surface area (Å²) < 4.78 is 10.7. The van der Waals surface area contributed by atoms with Gasteiger partial charge >= 0.3 is 0 Å². The molecule has 0 radical (unpaired) electrons. The van der Waals surface area contributed by atoms with Crippen LogP contribution in [-0.4, -0.2) is 78.6 Å². The molecule has 2 atom stereocenters. The SMILES string of the molecule is CO/N=C1\CC(C(=O)NCC(O)COc2ccc(OC)cc2)N(C(=O)c2ccc(-c3cccnc3)cc2)C1. The number of hydrogen-bond acceptors (Lipinski definition) is 8. The molecular formula is C28H30N4O6. The zero-order valence-electron chi connectivity index (χ0n) is 21.2. The van der Waals surface area contributed by atoms with E-state index in [2.05, 4.69) is 15.5 Å². The average molecular weight is 519 g/mol. The number of pyridine rings is 1. The van der Waals surface area contributed by atoms with Crippen molar-refractivity contribution in [3.05, 3.63) is 78.6 Å². The lowest BCUT2D eigenvalue weighted by Crippen LogP contribution is -2.48. The van der Waals surface area contributed by atoms with E-state index in [4.69, 9.17) is 14.3 Å². The monoisotopic (exact) mass is 518 g/mol. The van der Waals surface area contributed by atoms with E-state index in [-0.39, 0.29) is 32.0 Å². The van der Waals surface area contributed by atoms with E-state index in [1.165, 1.54) is 12.0 Å². The number of aliphatic hydroxyl groups is 1. The maximum absolute atomic E-state index is 13.4. The van der Waals surface area contributed by atoms with Crippen molar-refractivity contribution in [2.75, 3.05) is 33.9 Å². The first-order chi connectivity index (χ1) is 18.5. The van der Waals surface area contributed by atoms with Gasteiger partial charge in [-0.1, -0.05) is 23.4 Å². The molecule has 4 rings (SSSR count). The summed E-state index contributed by atoms with van der Waals surface area (Å²) in [6.07, 6.45) is 2.74. The van der Waals surface area contributed by atoms with Crippen LogP contribution in [0, 0.1) is 0 Å². The summed E-state index contributed by atoms with van der Waals surface area (Å²) in [5.74, 6) is 0.572. The molecule has 2 unspecified atom stereocenters. The first-order valence-electron chi connectivity index (χ1n) is 12.1. The minimum Gasteiger partial charge on any atom is -0.497 e. The van der Waals surface area contributed by atoms with Crippen LogP contribution >= 0.6 is 0 Å². The van der Waals surface area contributed by atoms with Crippen LogP contribution in [0.5, 0.6) is 11.5 Å². The van der Waals surface area contributed by atoms with Crippen molar-refractivity contribution >= 4 is 17.5 Å². The van der Waals surface area contributed by atoms with Gasteiger partial charge in [0.15, 0.2) is 0 Å². The van der Waals surface area contributed by atoms with Crippen LogP contribution in [0.15, 0.2) is 78.2 Å². The van der Waals surface area contributed by atoms with E-state index in [1.807, 2.05) is 24.3 Å². The zero-order chi connectivity index (χ0) is 26.9. The first-order valence-corrected chi connectivity index (χ1v) is 12.1. The molecule has 2 heterocycles. The van der Waals surface area contributed by atoms with Gasteiger partial charge in [-0.15, -0.1) is 0 Å². The fourth-order valence-corrected chi connectivity index (χ4v) is 4.11. The van der Waals surface area contributed by atoms with Gasteiger partial charge < -0.3 is 29.6 Å². The number of oxime groups is 1. The highest BCUT2D eigenvalue weighted by Gasteiger charge is 2.38. The second-order valence-corrected chi connectivity index (χ2v) is 8.70. The third-order valence-electron chi connectivity index (χ3n) is 6.08. The molecule has 3 aromatic rings. The minimum atomic E-state index is -0.946. The molecule has 2 amide bonds. The van der Waals surface area contributed by atoms with Crippen LogP contribution < -0.4 is 14.8 Å². The van der Waals surface area contributed by atoms with Crippen molar-refractivity contribution in [1.29, 1.82) is 0 Å². The predicted molar refractivity (Wildman–Crippen MR) is 141 cm³/mol. The van der Waals surface area contributed by atoms with Crippen molar-refractivity contribution < 1.29 is 29.0 Å². The summed E-state index contributed by atoms with van der Waals surface area (Å²) >= 11 is 0. The molecule has 38 heavy (non-hydrogen) atoms. The van der Waals surface area contributed by atoms with Crippen LogP contribution in [-0.2, 0) is 9.63 Å². The van der Waals surface area contributed by atoms with Crippen molar-refractivity contribution in [3.63, 3.8) is 0 Å². The van der Waals surface area contributed by atoms with Crippen LogP contribution in [0.2, 0.25) is 0 Å². The fourth-order valence-electron chi connectivity index (χ4n) is 4.11. The van der Waals surface area contributed by atoms with E-state index in [1.54, 1.807) is 55.9 Å². The number of nitrogens with one attached hydrogen (secondary N) is 1. The second-order valence-electron chi connectivity index (χ2n) is 8.70. The average Bonchev–Trinajstić information content (AvgIpc) is 3.39. The Labute approximate surface area is 220 Å². The van der Waals surface area contributed by atoms with Crippen molar-refractivity contribution in [1.82, 2.24) is 15.2 Å². The van der Waals surface area contributed by atoms with E-state index < -0.39 is 18.1 Å². The van der Waals surface area contributed by atoms with Crippen LogP contribution in [0.25, 0.3) is 11.1 Å². The Morgan fingerprint density at radius 3 is 2.47 bits per heavy atom. The number of rotatable bonds is 10. The number of aliphatic hydroxyl groups excluding tert-OH is 1. The van der Waals surface area contributed by atoms with Gasteiger partial charge in [-0.2, -0.15) is 0 Å². The number of carbonyl (C=O) groups is 2. The predicted octanol–water partition coefficient (Wildman–Crippen LogP) is 2.53. The second kappa shape index (κ2) is 12.7. The van der Waals surface area contributed by atoms with Gasteiger partial charge in [0.2, 0.25) is 5.91 Å². The highest BCUT2D eigenvalue weighted by atomic mass is 16.6. The fraction of sp³-hybridized carbons (Fsp3) is 0.286. The van der Waals surface area contributed by atoms with E-state index in [0.29, 0.717) is 22.8 Å². The molecule has 1 aromatic heterocycles. The Bertz CT molecular complexity index is 1250. The van der Waals surface area contributed by atoms with Crippen molar-refractivity contribution in [2.24, 2.45) is 5.16 Å². The lowest BCUT2D eigenvalue weighted by Gasteiger charge is -2.24. The highest BCUT2D eigenvalue weighted by Crippen LogP contribution is 2.23. The van der Waals surface area contributed by atoms with E-state index in [9.17, 15) is 14.7 Å². The molecule has 198 valence electrons. The van der Waals surface area contributed by atoms with Gasteiger partial charge in [-0.05, 0) is 53.6 Å². The summed E-state index contributed by atoms with van der Waals surface area (Å²) in [5, 5.41) is 17.0. The molecule has 0 bridgehead atoms. The molecule has 10 nitrogen and oxygen atoms in total. The summed E-state index contributed by atoms with van der Waals surface area (Å²) in [7, 11) is 2.99. The smallest absolute Gasteiger partial charge is 0.254 e. The van der Waals surface area contributed by atoms with Crippen LogP contribution in [0.3, 0.4) is 0 Å². The Kier molecular flexibility index (Phi) is 8.89. The van der Waals surface area contributed by atoms with E-state index >= 15 is 0 Å². The first kappa shape index (κ1) is 26.6. The topological polar surface area (TPSA) is 123 Å². The maximum Gasteiger partial charge on any atom is 0.254 e.